The lowest BCUT2D eigenvalue weighted by molar-refractivity contribution is 0.0209. The van der Waals surface area contributed by atoms with E-state index in [0.29, 0.717) is 18.7 Å². The van der Waals surface area contributed by atoms with Crippen molar-refractivity contribution in [2.75, 3.05) is 5.32 Å². The van der Waals surface area contributed by atoms with E-state index in [1.165, 1.54) is 5.56 Å². The van der Waals surface area contributed by atoms with Crippen LogP contribution in [0, 0.1) is 0 Å². The Morgan fingerprint density at radius 3 is 2.34 bits per heavy atom. The Balaban J connectivity index is 2.00. The highest BCUT2D eigenvalue weighted by atomic mass is 16.7. The maximum Gasteiger partial charge on any atom is 0.514 e. The number of hydrogen-bond donors (Lipinski definition) is 1. The zero-order valence-corrected chi connectivity index (χ0v) is 17.2. The molecule has 150 valence electrons. The van der Waals surface area contributed by atoms with Gasteiger partial charge in [0.15, 0.2) is 0 Å². The molecule has 4 nitrogen and oxygen atoms in total. The minimum absolute atomic E-state index is 0.471. The number of anilines is 1. The van der Waals surface area contributed by atoms with Gasteiger partial charge in [-0.05, 0) is 43.7 Å². The van der Waals surface area contributed by atoms with Crippen LogP contribution >= 0.6 is 0 Å². The van der Waals surface area contributed by atoms with Gasteiger partial charge in [-0.1, -0.05) is 60.7 Å². The fourth-order valence-corrected chi connectivity index (χ4v) is 3.16. The van der Waals surface area contributed by atoms with E-state index in [2.05, 4.69) is 24.0 Å². The minimum atomic E-state index is -0.715. The molecule has 0 amide bonds. The summed E-state index contributed by atoms with van der Waals surface area (Å²) in [5.41, 5.74) is 2.57. The molecule has 3 aromatic carbocycles. The average Bonchev–Trinajstić information content (AvgIpc) is 2.68. The van der Waals surface area contributed by atoms with Crippen molar-refractivity contribution in [2.24, 2.45) is 0 Å². The molecule has 0 atom stereocenters. The first-order valence-electron chi connectivity index (χ1n) is 9.71. The summed E-state index contributed by atoms with van der Waals surface area (Å²) in [7, 11) is 0. The van der Waals surface area contributed by atoms with Crippen LogP contribution in [-0.2, 0) is 17.7 Å². The standard InChI is InChI=1S/C25H27NO3/c1-5-11-20-19-14-9-10-15-21(19)23(28-24(27)29-25(2,3)4)16-22(20)26-17-18-12-7-6-8-13-18/h5-10,12-16,26H,1,11,17H2,2-4H3. The molecule has 0 aromatic heterocycles. The molecule has 0 aliphatic heterocycles. The van der Waals surface area contributed by atoms with Gasteiger partial charge in [0.25, 0.3) is 0 Å². The van der Waals surface area contributed by atoms with E-state index in [4.69, 9.17) is 9.47 Å². The first kappa shape index (κ1) is 20.5. The topological polar surface area (TPSA) is 47.6 Å². The van der Waals surface area contributed by atoms with Gasteiger partial charge in [-0.25, -0.2) is 4.79 Å². The summed E-state index contributed by atoms with van der Waals surface area (Å²) in [5, 5.41) is 5.37. The maximum atomic E-state index is 12.3. The summed E-state index contributed by atoms with van der Waals surface area (Å²) in [6, 6.07) is 19.9. The maximum absolute atomic E-state index is 12.3. The molecular weight excluding hydrogens is 362 g/mol. The molecule has 0 heterocycles. The van der Waals surface area contributed by atoms with E-state index in [-0.39, 0.29) is 0 Å². The highest BCUT2D eigenvalue weighted by molar-refractivity contribution is 5.96. The van der Waals surface area contributed by atoms with Crippen LogP contribution in [0.3, 0.4) is 0 Å². The summed E-state index contributed by atoms with van der Waals surface area (Å²) in [6.45, 7) is 10.00. The zero-order chi connectivity index (χ0) is 20.9. The molecule has 4 heteroatoms. The molecule has 1 N–H and O–H groups in total. The second kappa shape index (κ2) is 8.82. The number of fused-ring (bicyclic) bond motifs is 1. The van der Waals surface area contributed by atoms with Crippen molar-refractivity contribution >= 4 is 22.6 Å². The molecule has 0 bridgehead atoms. The number of carbonyl (C=O) groups is 1. The molecule has 0 radical (unpaired) electrons. The molecule has 29 heavy (non-hydrogen) atoms. The number of nitrogens with one attached hydrogen (secondary N) is 1. The van der Waals surface area contributed by atoms with Crippen LogP contribution in [0.15, 0.2) is 73.3 Å². The monoisotopic (exact) mass is 389 g/mol. The molecular formula is C25H27NO3. The van der Waals surface area contributed by atoms with Crippen LogP contribution in [-0.4, -0.2) is 11.8 Å². The number of hydrogen-bond acceptors (Lipinski definition) is 4. The van der Waals surface area contributed by atoms with E-state index in [1.807, 2.05) is 75.4 Å². The second-order valence-electron chi connectivity index (χ2n) is 7.84. The second-order valence-corrected chi connectivity index (χ2v) is 7.84. The molecule has 0 spiro atoms. The smallest absolute Gasteiger partial charge is 0.428 e. The predicted octanol–water partition coefficient (Wildman–Crippen LogP) is 6.49. The number of benzene rings is 3. The average molecular weight is 389 g/mol. The summed E-state index contributed by atoms with van der Waals surface area (Å²) >= 11 is 0. The van der Waals surface area contributed by atoms with Crippen LogP contribution in [0.1, 0.15) is 31.9 Å². The largest absolute Gasteiger partial charge is 0.514 e. The molecule has 3 aromatic rings. The van der Waals surface area contributed by atoms with Crippen molar-refractivity contribution in [1.29, 1.82) is 0 Å². The minimum Gasteiger partial charge on any atom is -0.428 e. The number of rotatable bonds is 6. The Labute approximate surface area is 172 Å². The lowest BCUT2D eigenvalue weighted by Gasteiger charge is -2.20. The Kier molecular flexibility index (Phi) is 6.23. The lowest BCUT2D eigenvalue weighted by atomic mass is 9.99. The molecule has 0 saturated carbocycles. The third kappa shape index (κ3) is 5.38. The van der Waals surface area contributed by atoms with E-state index in [0.717, 1.165) is 22.0 Å². The number of allylic oxidation sites excluding steroid dienone is 1. The Bertz CT molecular complexity index is 1000. The van der Waals surface area contributed by atoms with Crippen LogP contribution in [0.5, 0.6) is 5.75 Å². The molecule has 0 fully saturated rings. The fraction of sp³-hybridized carbons (Fsp3) is 0.240. The third-order valence-corrected chi connectivity index (χ3v) is 4.38. The first-order chi connectivity index (χ1) is 13.9. The lowest BCUT2D eigenvalue weighted by Crippen LogP contribution is -2.26. The first-order valence-corrected chi connectivity index (χ1v) is 9.71. The summed E-state index contributed by atoms with van der Waals surface area (Å²) in [6.07, 6.45) is 1.86. The van der Waals surface area contributed by atoms with Gasteiger partial charge < -0.3 is 14.8 Å². The van der Waals surface area contributed by atoms with E-state index < -0.39 is 11.8 Å². The summed E-state index contributed by atoms with van der Waals surface area (Å²) in [5.74, 6) is 0.471. The highest BCUT2D eigenvalue weighted by Gasteiger charge is 2.20. The van der Waals surface area contributed by atoms with Crippen molar-refractivity contribution in [2.45, 2.75) is 39.3 Å². The number of ether oxygens (including phenoxy) is 2. The van der Waals surface area contributed by atoms with Crippen molar-refractivity contribution in [1.82, 2.24) is 0 Å². The van der Waals surface area contributed by atoms with Crippen LogP contribution < -0.4 is 10.1 Å². The van der Waals surface area contributed by atoms with Crippen LogP contribution in [0.25, 0.3) is 10.8 Å². The summed E-state index contributed by atoms with van der Waals surface area (Å²) < 4.78 is 10.9. The highest BCUT2D eigenvalue weighted by Crippen LogP contribution is 2.36. The normalized spacial score (nSPS) is 11.1. The molecule has 0 saturated heterocycles. The molecule has 3 rings (SSSR count). The van der Waals surface area contributed by atoms with Crippen LogP contribution in [0.2, 0.25) is 0 Å². The molecule has 0 unspecified atom stereocenters. The van der Waals surface area contributed by atoms with Crippen molar-refractivity contribution in [3.63, 3.8) is 0 Å². The quantitative estimate of drug-likeness (QED) is 0.297. The van der Waals surface area contributed by atoms with Gasteiger partial charge in [0.05, 0.1) is 0 Å². The van der Waals surface area contributed by atoms with Crippen molar-refractivity contribution in [3.05, 3.63) is 84.4 Å². The number of carbonyl (C=O) groups excluding carboxylic acids is 1. The van der Waals surface area contributed by atoms with E-state index in [1.54, 1.807) is 0 Å². The Hall–Kier alpha value is -3.27. The van der Waals surface area contributed by atoms with E-state index in [9.17, 15) is 4.79 Å². The fourth-order valence-electron chi connectivity index (χ4n) is 3.16. The predicted molar refractivity (Wildman–Crippen MR) is 118 cm³/mol. The van der Waals surface area contributed by atoms with Gasteiger partial charge in [0, 0.05) is 23.7 Å². The third-order valence-electron chi connectivity index (χ3n) is 4.38. The van der Waals surface area contributed by atoms with Crippen LogP contribution in [0.4, 0.5) is 10.5 Å². The molecule has 0 aliphatic rings. The van der Waals surface area contributed by atoms with Gasteiger partial charge in [0.1, 0.15) is 11.4 Å². The Morgan fingerprint density at radius 1 is 1.03 bits per heavy atom. The Morgan fingerprint density at radius 2 is 1.69 bits per heavy atom. The van der Waals surface area contributed by atoms with Crippen molar-refractivity contribution < 1.29 is 14.3 Å². The van der Waals surface area contributed by atoms with Gasteiger partial charge in [-0.15, -0.1) is 6.58 Å². The van der Waals surface area contributed by atoms with E-state index >= 15 is 0 Å². The molecule has 0 aliphatic carbocycles. The van der Waals surface area contributed by atoms with Gasteiger partial charge >= 0.3 is 6.16 Å². The zero-order valence-electron chi connectivity index (χ0n) is 17.2. The summed E-state index contributed by atoms with van der Waals surface area (Å²) in [4.78, 5) is 12.3. The van der Waals surface area contributed by atoms with Crippen molar-refractivity contribution in [3.8, 4) is 5.75 Å². The van der Waals surface area contributed by atoms with Gasteiger partial charge in [0.2, 0.25) is 0 Å². The van der Waals surface area contributed by atoms with Gasteiger partial charge in [-0.3, -0.25) is 0 Å². The SMILES string of the molecule is C=CCc1c(NCc2ccccc2)cc(OC(=O)OC(C)(C)C)c2ccccc12. The van der Waals surface area contributed by atoms with Gasteiger partial charge in [-0.2, -0.15) is 0 Å².